The van der Waals surface area contributed by atoms with E-state index in [1.165, 1.54) is 24.3 Å². The van der Waals surface area contributed by atoms with Crippen molar-refractivity contribution in [3.63, 3.8) is 0 Å². The van der Waals surface area contributed by atoms with Crippen LogP contribution in [0.25, 0.3) is 0 Å². The third-order valence-corrected chi connectivity index (χ3v) is 4.32. The standard InChI is InChI=1S/C15H15FO2S/c1-12-3-2-4-14(9-12)11-19(17,18)10-13-5-7-15(16)8-6-13/h2-9H,10-11H2,1H3. The van der Waals surface area contributed by atoms with Crippen LogP contribution < -0.4 is 0 Å². The van der Waals surface area contributed by atoms with Gasteiger partial charge in [0.05, 0.1) is 11.5 Å². The summed E-state index contributed by atoms with van der Waals surface area (Å²) in [5.74, 6) is -0.423. The first-order chi connectivity index (χ1) is 8.94. The summed E-state index contributed by atoms with van der Waals surface area (Å²) < 4.78 is 36.9. The highest BCUT2D eigenvalue weighted by Gasteiger charge is 2.13. The summed E-state index contributed by atoms with van der Waals surface area (Å²) in [6, 6.07) is 13.0. The summed E-state index contributed by atoms with van der Waals surface area (Å²) in [6.45, 7) is 1.93. The van der Waals surface area contributed by atoms with E-state index in [0.717, 1.165) is 11.1 Å². The van der Waals surface area contributed by atoms with Gasteiger partial charge in [-0.05, 0) is 30.2 Å². The van der Waals surface area contributed by atoms with Crippen LogP contribution in [0.15, 0.2) is 48.5 Å². The minimum atomic E-state index is -3.24. The van der Waals surface area contributed by atoms with Gasteiger partial charge in [0.1, 0.15) is 5.82 Å². The fourth-order valence-corrected chi connectivity index (χ4v) is 3.43. The lowest BCUT2D eigenvalue weighted by Gasteiger charge is -2.05. The molecule has 0 aliphatic rings. The molecule has 100 valence electrons. The molecular weight excluding hydrogens is 263 g/mol. The zero-order valence-electron chi connectivity index (χ0n) is 10.6. The quantitative estimate of drug-likeness (QED) is 0.860. The van der Waals surface area contributed by atoms with Crippen LogP contribution in [0, 0.1) is 12.7 Å². The van der Waals surface area contributed by atoms with Crippen molar-refractivity contribution in [1.82, 2.24) is 0 Å². The van der Waals surface area contributed by atoms with E-state index in [9.17, 15) is 12.8 Å². The van der Waals surface area contributed by atoms with Crippen molar-refractivity contribution in [2.75, 3.05) is 0 Å². The fraction of sp³-hybridized carbons (Fsp3) is 0.200. The first-order valence-corrected chi connectivity index (χ1v) is 7.77. The largest absolute Gasteiger partial charge is 0.228 e. The number of rotatable bonds is 4. The molecule has 0 amide bonds. The molecule has 0 fully saturated rings. The highest BCUT2D eigenvalue weighted by atomic mass is 32.2. The maximum absolute atomic E-state index is 12.8. The molecule has 0 radical (unpaired) electrons. The zero-order valence-corrected chi connectivity index (χ0v) is 11.5. The number of aryl methyl sites for hydroxylation is 1. The van der Waals surface area contributed by atoms with Crippen molar-refractivity contribution in [1.29, 1.82) is 0 Å². The summed E-state index contributed by atoms with van der Waals surface area (Å²) >= 11 is 0. The Labute approximate surface area is 112 Å². The van der Waals surface area contributed by atoms with Crippen molar-refractivity contribution in [3.05, 3.63) is 71.0 Å². The SMILES string of the molecule is Cc1cccc(CS(=O)(=O)Cc2ccc(F)cc2)c1. The molecule has 0 spiro atoms. The van der Waals surface area contributed by atoms with E-state index in [0.29, 0.717) is 5.56 Å². The van der Waals surface area contributed by atoms with E-state index in [1.807, 2.05) is 25.1 Å². The lowest BCUT2D eigenvalue weighted by Crippen LogP contribution is -2.07. The third-order valence-electron chi connectivity index (χ3n) is 2.77. The third kappa shape index (κ3) is 4.17. The molecule has 2 nitrogen and oxygen atoms in total. The van der Waals surface area contributed by atoms with Crippen LogP contribution in [-0.2, 0) is 21.3 Å². The van der Waals surface area contributed by atoms with Gasteiger partial charge in [0.15, 0.2) is 9.84 Å². The van der Waals surface area contributed by atoms with Crippen LogP contribution in [0.4, 0.5) is 4.39 Å². The topological polar surface area (TPSA) is 34.1 Å². The van der Waals surface area contributed by atoms with Crippen LogP contribution >= 0.6 is 0 Å². The average molecular weight is 278 g/mol. The number of halogens is 1. The molecule has 0 aromatic heterocycles. The van der Waals surface area contributed by atoms with Crippen LogP contribution in [-0.4, -0.2) is 8.42 Å². The maximum atomic E-state index is 12.8. The highest BCUT2D eigenvalue weighted by molar-refractivity contribution is 7.89. The molecular formula is C15H15FO2S. The van der Waals surface area contributed by atoms with E-state index >= 15 is 0 Å². The van der Waals surface area contributed by atoms with Crippen molar-refractivity contribution < 1.29 is 12.8 Å². The Balaban J connectivity index is 2.13. The van der Waals surface area contributed by atoms with Crippen molar-refractivity contribution >= 4 is 9.84 Å². The van der Waals surface area contributed by atoms with Gasteiger partial charge in [0.2, 0.25) is 0 Å². The summed E-state index contributed by atoms with van der Waals surface area (Å²) in [5.41, 5.74) is 2.42. The highest BCUT2D eigenvalue weighted by Crippen LogP contribution is 2.14. The molecule has 19 heavy (non-hydrogen) atoms. The molecule has 0 saturated carbocycles. The van der Waals surface area contributed by atoms with Gasteiger partial charge in [-0.1, -0.05) is 42.0 Å². The van der Waals surface area contributed by atoms with Gasteiger partial charge in [0.25, 0.3) is 0 Å². The summed E-state index contributed by atoms with van der Waals surface area (Å²) in [6.07, 6.45) is 0. The smallest absolute Gasteiger partial charge is 0.158 e. The summed E-state index contributed by atoms with van der Waals surface area (Å²) in [4.78, 5) is 0. The monoisotopic (exact) mass is 278 g/mol. The molecule has 0 N–H and O–H groups in total. The molecule has 0 aliphatic carbocycles. The van der Waals surface area contributed by atoms with Gasteiger partial charge in [-0.3, -0.25) is 0 Å². The van der Waals surface area contributed by atoms with Gasteiger partial charge in [0, 0.05) is 0 Å². The Morgan fingerprint density at radius 3 is 2.21 bits per heavy atom. The van der Waals surface area contributed by atoms with Gasteiger partial charge < -0.3 is 0 Å². The molecule has 4 heteroatoms. The average Bonchev–Trinajstić information content (AvgIpc) is 2.31. The Bertz CT molecular complexity index is 661. The number of benzene rings is 2. The molecule has 0 heterocycles. The van der Waals surface area contributed by atoms with E-state index in [1.54, 1.807) is 6.07 Å². The summed E-state index contributed by atoms with van der Waals surface area (Å²) in [5, 5.41) is 0. The normalized spacial score (nSPS) is 11.5. The van der Waals surface area contributed by atoms with Crippen LogP contribution in [0.5, 0.6) is 0 Å². The van der Waals surface area contributed by atoms with Gasteiger partial charge in [-0.25, -0.2) is 12.8 Å². The van der Waals surface area contributed by atoms with Crippen LogP contribution in [0.2, 0.25) is 0 Å². The second kappa shape index (κ2) is 5.53. The van der Waals surface area contributed by atoms with Crippen LogP contribution in [0.1, 0.15) is 16.7 Å². The number of hydrogen-bond acceptors (Lipinski definition) is 2. The van der Waals surface area contributed by atoms with Gasteiger partial charge in [-0.15, -0.1) is 0 Å². The predicted molar refractivity (Wildman–Crippen MR) is 73.9 cm³/mol. The second-order valence-corrected chi connectivity index (χ2v) is 6.71. The minimum absolute atomic E-state index is 0.00601. The minimum Gasteiger partial charge on any atom is -0.228 e. The molecule has 0 bridgehead atoms. The fourth-order valence-electron chi connectivity index (χ4n) is 1.94. The Kier molecular flexibility index (Phi) is 4.00. The molecule has 2 aromatic rings. The molecule has 0 aliphatic heterocycles. The summed E-state index contributed by atoms with van der Waals surface area (Å²) in [7, 11) is -3.24. The van der Waals surface area contributed by atoms with Gasteiger partial charge >= 0.3 is 0 Å². The number of hydrogen-bond donors (Lipinski definition) is 0. The Morgan fingerprint density at radius 2 is 1.58 bits per heavy atom. The molecule has 2 aromatic carbocycles. The first kappa shape index (κ1) is 13.7. The van der Waals surface area contributed by atoms with Gasteiger partial charge in [-0.2, -0.15) is 0 Å². The lowest BCUT2D eigenvalue weighted by molar-refractivity contribution is 0.594. The van der Waals surface area contributed by atoms with E-state index in [2.05, 4.69) is 0 Å². The van der Waals surface area contributed by atoms with Crippen molar-refractivity contribution in [2.45, 2.75) is 18.4 Å². The van der Waals surface area contributed by atoms with Crippen LogP contribution in [0.3, 0.4) is 0 Å². The molecule has 0 atom stereocenters. The predicted octanol–water partition coefficient (Wildman–Crippen LogP) is 3.25. The Hall–Kier alpha value is -1.68. The number of sulfone groups is 1. The molecule has 0 unspecified atom stereocenters. The maximum Gasteiger partial charge on any atom is 0.158 e. The lowest BCUT2D eigenvalue weighted by atomic mass is 10.2. The molecule has 0 saturated heterocycles. The second-order valence-electron chi connectivity index (χ2n) is 4.65. The zero-order chi connectivity index (χ0) is 13.9. The Morgan fingerprint density at radius 1 is 0.947 bits per heavy atom. The molecule has 2 rings (SSSR count). The van der Waals surface area contributed by atoms with Crippen molar-refractivity contribution in [2.24, 2.45) is 0 Å². The van der Waals surface area contributed by atoms with E-state index < -0.39 is 9.84 Å². The van der Waals surface area contributed by atoms with E-state index in [-0.39, 0.29) is 17.3 Å². The first-order valence-electron chi connectivity index (χ1n) is 5.95. The van der Waals surface area contributed by atoms with E-state index in [4.69, 9.17) is 0 Å². The van der Waals surface area contributed by atoms with Crippen molar-refractivity contribution in [3.8, 4) is 0 Å².